The molecule has 1 N–H and O–H groups in total. The smallest absolute Gasteiger partial charge is 0.309 e. The topological polar surface area (TPSA) is 74.7 Å². The molecule has 5 nitrogen and oxygen atoms in total. The molecule has 4 atom stereocenters. The van der Waals surface area contributed by atoms with Crippen LogP contribution in [0.4, 0.5) is 0 Å². The van der Waals surface area contributed by atoms with Gasteiger partial charge in [0.1, 0.15) is 0 Å². The molecule has 1 aliphatic rings. The highest BCUT2D eigenvalue weighted by molar-refractivity contribution is 8.00. The van der Waals surface area contributed by atoms with Crippen LogP contribution in [0.15, 0.2) is 53.4 Å². The van der Waals surface area contributed by atoms with Crippen molar-refractivity contribution in [2.45, 2.75) is 63.3 Å². The number of carboxylic acid groups (broad SMARTS) is 1. The minimum Gasteiger partial charge on any atom is -0.481 e. The number of benzene rings is 2. The molecule has 1 fully saturated rings. The Kier molecular flexibility index (Phi) is 7.73. The van der Waals surface area contributed by atoms with Crippen molar-refractivity contribution in [3.63, 3.8) is 0 Å². The van der Waals surface area contributed by atoms with Gasteiger partial charge in [0.05, 0.1) is 16.9 Å². The highest BCUT2D eigenvalue weighted by Crippen LogP contribution is 2.50. The van der Waals surface area contributed by atoms with Gasteiger partial charge in [-0.1, -0.05) is 68.3 Å². The average Bonchev–Trinajstić information content (AvgIpc) is 3.08. The number of hydrogen-bond acceptors (Lipinski definition) is 4. The Morgan fingerprint density at radius 1 is 1.03 bits per heavy atom. The van der Waals surface area contributed by atoms with Crippen LogP contribution in [0.3, 0.4) is 0 Å². The van der Waals surface area contributed by atoms with E-state index in [1.54, 1.807) is 36.0 Å². The van der Waals surface area contributed by atoms with Gasteiger partial charge in [-0.05, 0) is 49.6 Å². The first-order valence-electron chi connectivity index (χ1n) is 11.1. The maximum absolute atomic E-state index is 13.9. The zero-order chi connectivity index (χ0) is 23.6. The second-order valence-electron chi connectivity index (χ2n) is 9.03. The van der Waals surface area contributed by atoms with Crippen LogP contribution < -0.4 is 0 Å². The second kappa shape index (κ2) is 9.98. The average molecular weight is 476 g/mol. The fraction of sp³-hybridized carbons (Fsp3) is 0.480. The van der Waals surface area contributed by atoms with E-state index in [0.717, 1.165) is 22.4 Å². The summed E-state index contributed by atoms with van der Waals surface area (Å²) in [6.07, 6.45) is 0.549. The van der Waals surface area contributed by atoms with E-state index in [0.29, 0.717) is 12.3 Å². The fourth-order valence-corrected chi connectivity index (χ4v) is 8.03. The largest absolute Gasteiger partial charge is 0.481 e. The normalized spacial score (nSPS) is 24.2. The van der Waals surface area contributed by atoms with Crippen molar-refractivity contribution in [3.05, 3.63) is 65.2 Å². The summed E-state index contributed by atoms with van der Waals surface area (Å²) in [5, 5.41) is 9.98. The lowest BCUT2D eigenvalue weighted by atomic mass is 9.92. The highest BCUT2D eigenvalue weighted by atomic mass is 32.2. The molecule has 0 radical (unpaired) electrons. The molecule has 1 heterocycles. The number of hydrogen-bond donors (Lipinski definition) is 1. The maximum Gasteiger partial charge on any atom is 0.309 e. The number of nitrogens with zero attached hydrogens (tertiary/aromatic N) is 1. The van der Waals surface area contributed by atoms with Gasteiger partial charge in [-0.2, -0.15) is 16.1 Å². The third-order valence-electron chi connectivity index (χ3n) is 6.02. The van der Waals surface area contributed by atoms with Crippen LogP contribution in [0.25, 0.3) is 0 Å². The quantitative estimate of drug-likeness (QED) is 0.562. The molecule has 1 aliphatic heterocycles. The van der Waals surface area contributed by atoms with Crippen molar-refractivity contribution >= 4 is 27.8 Å². The molecule has 32 heavy (non-hydrogen) atoms. The van der Waals surface area contributed by atoms with Crippen LogP contribution in [0.5, 0.6) is 0 Å². The minimum absolute atomic E-state index is 0.206. The van der Waals surface area contributed by atoms with E-state index in [1.807, 2.05) is 45.0 Å². The molecule has 1 saturated heterocycles. The molecule has 7 heteroatoms. The Labute approximate surface area is 196 Å². The predicted molar refractivity (Wildman–Crippen MR) is 130 cm³/mol. The van der Waals surface area contributed by atoms with Gasteiger partial charge in [-0.25, -0.2) is 8.42 Å². The van der Waals surface area contributed by atoms with Crippen LogP contribution in [0.2, 0.25) is 0 Å². The number of carboxylic acids is 1. The van der Waals surface area contributed by atoms with Crippen molar-refractivity contribution in [1.29, 1.82) is 0 Å². The van der Waals surface area contributed by atoms with Crippen molar-refractivity contribution in [3.8, 4) is 0 Å². The zero-order valence-electron chi connectivity index (χ0n) is 19.4. The Bertz CT molecular complexity index is 1030. The van der Waals surface area contributed by atoms with Crippen LogP contribution in [-0.4, -0.2) is 40.8 Å². The molecule has 0 saturated carbocycles. The first-order chi connectivity index (χ1) is 15.1. The Morgan fingerprint density at radius 2 is 1.56 bits per heavy atom. The van der Waals surface area contributed by atoms with E-state index in [9.17, 15) is 18.3 Å². The molecule has 3 rings (SSSR count). The monoisotopic (exact) mass is 475 g/mol. The van der Waals surface area contributed by atoms with E-state index in [-0.39, 0.29) is 10.1 Å². The van der Waals surface area contributed by atoms with Crippen LogP contribution in [0.1, 0.15) is 49.9 Å². The molecule has 0 spiro atoms. The summed E-state index contributed by atoms with van der Waals surface area (Å²) in [4.78, 5) is 12.8. The first-order valence-corrected chi connectivity index (χ1v) is 13.6. The fourth-order valence-electron chi connectivity index (χ4n) is 4.41. The zero-order valence-corrected chi connectivity index (χ0v) is 21.0. The van der Waals surface area contributed by atoms with Gasteiger partial charge in [0.15, 0.2) is 0 Å². The van der Waals surface area contributed by atoms with Gasteiger partial charge in [0.2, 0.25) is 10.0 Å². The minimum atomic E-state index is -3.91. The number of aliphatic carboxylic acids is 1. The Hall–Kier alpha value is -1.83. The highest BCUT2D eigenvalue weighted by Gasteiger charge is 2.56. The number of thioether (sulfide) groups is 1. The summed E-state index contributed by atoms with van der Waals surface area (Å²) in [6.45, 7) is 10.0. The van der Waals surface area contributed by atoms with E-state index in [4.69, 9.17) is 0 Å². The third kappa shape index (κ3) is 4.90. The van der Waals surface area contributed by atoms with E-state index in [2.05, 4.69) is 13.8 Å². The molecule has 0 unspecified atom stereocenters. The predicted octanol–water partition coefficient (Wildman–Crippen LogP) is 5.29. The van der Waals surface area contributed by atoms with Crippen LogP contribution in [-0.2, 0) is 14.8 Å². The Morgan fingerprint density at radius 3 is 2.03 bits per heavy atom. The van der Waals surface area contributed by atoms with Crippen molar-refractivity contribution in [2.75, 3.05) is 5.75 Å². The number of sulfonamides is 1. The van der Waals surface area contributed by atoms with E-state index >= 15 is 0 Å². The summed E-state index contributed by atoms with van der Waals surface area (Å²) in [6, 6.07) is 13.2. The standard InChI is InChI=1S/C25H33NO4S2/c1-6-21-24(31-15-16(2)3)22(25(27)28)23(19-11-7-17(4)8-12-19)26(21)32(29,30)20-13-9-18(5)10-14-20/h7-14,16,21-24H,6,15H2,1-5H3,(H,27,28)/t21-,22+,23+,24-/m1/s1. The van der Waals surface area contributed by atoms with Crippen LogP contribution >= 0.6 is 11.8 Å². The molecular formula is C25H33NO4S2. The lowest BCUT2D eigenvalue weighted by molar-refractivity contribution is -0.142. The molecule has 2 aromatic carbocycles. The van der Waals surface area contributed by atoms with E-state index in [1.165, 1.54) is 4.31 Å². The van der Waals surface area contributed by atoms with Crippen molar-refractivity contribution < 1.29 is 18.3 Å². The molecule has 0 bridgehead atoms. The summed E-state index contributed by atoms with van der Waals surface area (Å²) in [7, 11) is -3.91. The lowest BCUT2D eigenvalue weighted by Gasteiger charge is -2.30. The summed E-state index contributed by atoms with van der Waals surface area (Å²) in [5.41, 5.74) is 2.75. The lowest BCUT2D eigenvalue weighted by Crippen LogP contribution is -2.39. The number of rotatable bonds is 8. The first kappa shape index (κ1) is 24.8. The van der Waals surface area contributed by atoms with E-state index < -0.39 is 34.0 Å². The summed E-state index contributed by atoms with van der Waals surface area (Å²) >= 11 is 1.59. The number of carbonyl (C=O) groups is 1. The maximum atomic E-state index is 13.9. The molecule has 0 amide bonds. The van der Waals surface area contributed by atoms with Crippen molar-refractivity contribution in [1.82, 2.24) is 4.31 Å². The molecule has 0 aliphatic carbocycles. The SMILES string of the molecule is CC[C@@H]1[C@@H](SCC(C)C)[C@@H](C(=O)O)[C@H](c2ccc(C)cc2)N1S(=O)(=O)c1ccc(C)cc1. The number of aryl methyl sites for hydroxylation is 2. The third-order valence-corrected chi connectivity index (χ3v) is 9.79. The van der Waals surface area contributed by atoms with Gasteiger partial charge in [-0.3, -0.25) is 4.79 Å². The van der Waals surface area contributed by atoms with Gasteiger partial charge >= 0.3 is 5.97 Å². The van der Waals surface area contributed by atoms with Gasteiger partial charge in [0.25, 0.3) is 0 Å². The molecule has 0 aromatic heterocycles. The Balaban J connectivity index is 2.19. The summed E-state index contributed by atoms with van der Waals surface area (Å²) in [5.74, 6) is -0.611. The summed E-state index contributed by atoms with van der Waals surface area (Å²) < 4.78 is 29.4. The van der Waals surface area contributed by atoms with Gasteiger partial charge < -0.3 is 5.11 Å². The second-order valence-corrected chi connectivity index (χ2v) is 12.1. The molecular weight excluding hydrogens is 442 g/mol. The molecule has 174 valence electrons. The molecule has 2 aromatic rings. The van der Waals surface area contributed by atoms with Gasteiger partial charge in [-0.15, -0.1) is 0 Å². The van der Waals surface area contributed by atoms with Crippen LogP contribution in [0, 0.1) is 25.7 Å². The van der Waals surface area contributed by atoms with Gasteiger partial charge in [0, 0.05) is 11.3 Å². The van der Waals surface area contributed by atoms with Crippen molar-refractivity contribution in [2.24, 2.45) is 11.8 Å².